The molecule has 2 N–H and O–H groups in total. The monoisotopic (exact) mass is 286 g/mol. The van der Waals surface area contributed by atoms with Crippen molar-refractivity contribution in [2.45, 2.75) is 32.7 Å². The molecule has 3 aromatic rings. The van der Waals surface area contributed by atoms with E-state index in [0.717, 1.165) is 34.8 Å². The van der Waals surface area contributed by atoms with Gasteiger partial charge >= 0.3 is 0 Å². The summed E-state index contributed by atoms with van der Waals surface area (Å²) in [6.45, 7) is 7.22. The van der Waals surface area contributed by atoms with E-state index in [4.69, 9.17) is 0 Å². The summed E-state index contributed by atoms with van der Waals surface area (Å²) < 4.78 is 0. The van der Waals surface area contributed by atoms with Gasteiger partial charge in [-0.25, -0.2) is 9.97 Å². The first-order valence-electron chi connectivity index (χ1n) is 6.63. The zero-order valence-electron chi connectivity index (χ0n) is 11.9. The van der Waals surface area contributed by atoms with E-state index >= 15 is 0 Å². The molecule has 0 saturated heterocycles. The number of anilines is 1. The maximum absolute atomic E-state index is 4.64. The average molecular weight is 286 g/mol. The Hall–Kier alpha value is -1.88. The number of aromatic amines is 1. The molecule has 0 spiro atoms. The molecule has 0 unspecified atom stereocenters. The van der Waals surface area contributed by atoms with Gasteiger partial charge in [0.05, 0.1) is 28.8 Å². The Kier molecular flexibility index (Phi) is 3.22. The third-order valence-corrected chi connectivity index (χ3v) is 3.78. The summed E-state index contributed by atoms with van der Waals surface area (Å²) in [7, 11) is 0. The van der Waals surface area contributed by atoms with Gasteiger partial charge in [-0.15, -0.1) is 11.3 Å². The number of H-pyrrole nitrogens is 1. The van der Waals surface area contributed by atoms with Gasteiger partial charge in [-0.3, -0.25) is 0 Å². The standard InChI is InChI=1S/C15H18N4S/c1-15(2,3)14-18-12-5-4-10(6-13(12)19-14)16-7-11-8-20-9-17-11/h4-6,8-9,16H,7H2,1-3H3,(H,18,19). The number of rotatable bonds is 3. The second-order valence-corrected chi connectivity index (χ2v) is 6.62. The molecule has 0 aliphatic carbocycles. The maximum Gasteiger partial charge on any atom is 0.112 e. The maximum atomic E-state index is 4.64. The number of thiazole rings is 1. The van der Waals surface area contributed by atoms with Crippen LogP contribution in [0.2, 0.25) is 0 Å². The highest BCUT2D eigenvalue weighted by Crippen LogP contribution is 2.24. The van der Waals surface area contributed by atoms with Crippen molar-refractivity contribution in [2.75, 3.05) is 5.32 Å². The number of nitrogens with zero attached hydrogens (tertiary/aromatic N) is 2. The minimum absolute atomic E-state index is 0.0349. The van der Waals surface area contributed by atoms with Gasteiger partial charge < -0.3 is 10.3 Å². The topological polar surface area (TPSA) is 53.6 Å². The highest BCUT2D eigenvalue weighted by molar-refractivity contribution is 7.07. The molecular formula is C15H18N4S. The average Bonchev–Trinajstić information content (AvgIpc) is 3.04. The fraction of sp³-hybridized carbons (Fsp3) is 0.333. The van der Waals surface area contributed by atoms with Crippen LogP contribution in [-0.4, -0.2) is 15.0 Å². The van der Waals surface area contributed by atoms with Crippen LogP contribution in [0, 0.1) is 0 Å². The van der Waals surface area contributed by atoms with E-state index in [1.54, 1.807) is 11.3 Å². The summed E-state index contributed by atoms with van der Waals surface area (Å²) in [5.41, 5.74) is 6.11. The molecule has 0 saturated carbocycles. The lowest BCUT2D eigenvalue weighted by Crippen LogP contribution is -2.12. The fourth-order valence-corrected chi connectivity index (χ4v) is 2.55. The first-order valence-corrected chi connectivity index (χ1v) is 7.58. The largest absolute Gasteiger partial charge is 0.379 e. The lowest BCUT2D eigenvalue weighted by molar-refractivity contribution is 0.554. The summed E-state index contributed by atoms with van der Waals surface area (Å²) >= 11 is 1.62. The molecule has 20 heavy (non-hydrogen) atoms. The fourth-order valence-electron chi connectivity index (χ4n) is 1.99. The third kappa shape index (κ3) is 2.67. The molecule has 0 fully saturated rings. The van der Waals surface area contributed by atoms with E-state index in [2.05, 4.69) is 58.6 Å². The summed E-state index contributed by atoms with van der Waals surface area (Å²) in [6, 6.07) is 6.20. The molecule has 1 aromatic carbocycles. The molecule has 3 rings (SSSR count). The van der Waals surface area contributed by atoms with Crippen LogP contribution in [-0.2, 0) is 12.0 Å². The van der Waals surface area contributed by atoms with Crippen molar-refractivity contribution in [2.24, 2.45) is 0 Å². The molecule has 0 atom stereocenters. The Labute approximate surface area is 122 Å². The van der Waals surface area contributed by atoms with E-state index in [1.807, 2.05) is 11.6 Å². The SMILES string of the molecule is CC(C)(C)c1nc2ccc(NCc3cscn3)cc2[nH]1. The van der Waals surface area contributed by atoms with Gasteiger partial charge in [0.15, 0.2) is 0 Å². The number of hydrogen-bond donors (Lipinski definition) is 2. The summed E-state index contributed by atoms with van der Waals surface area (Å²) in [5.74, 6) is 1.02. The highest BCUT2D eigenvalue weighted by atomic mass is 32.1. The second kappa shape index (κ2) is 4.90. The molecular weight excluding hydrogens is 268 g/mol. The molecule has 0 radical (unpaired) electrons. The quantitative estimate of drug-likeness (QED) is 0.767. The second-order valence-electron chi connectivity index (χ2n) is 5.90. The predicted molar refractivity (Wildman–Crippen MR) is 84.2 cm³/mol. The minimum atomic E-state index is 0.0349. The molecule has 2 heterocycles. The first kappa shape index (κ1) is 13.1. The van der Waals surface area contributed by atoms with Crippen LogP contribution in [0.3, 0.4) is 0 Å². The van der Waals surface area contributed by atoms with Crippen LogP contribution in [0.25, 0.3) is 11.0 Å². The van der Waals surface area contributed by atoms with Crippen molar-refractivity contribution >= 4 is 28.1 Å². The third-order valence-electron chi connectivity index (χ3n) is 3.15. The van der Waals surface area contributed by atoms with E-state index in [1.165, 1.54) is 0 Å². The van der Waals surface area contributed by atoms with Crippen LogP contribution in [0.1, 0.15) is 32.3 Å². The van der Waals surface area contributed by atoms with Gasteiger partial charge in [0, 0.05) is 16.5 Å². The van der Waals surface area contributed by atoms with Crippen molar-refractivity contribution in [1.29, 1.82) is 0 Å². The first-order chi connectivity index (χ1) is 9.52. The molecule has 0 aliphatic rings. The Morgan fingerprint density at radius 2 is 2.15 bits per heavy atom. The lowest BCUT2D eigenvalue weighted by atomic mass is 9.96. The summed E-state index contributed by atoms with van der Waals surface area (Å²) in [5, 5.41) is 5.44. The molecule has 0 bridgehead atoms. The summed E-state index contributed by atoms with van der Waals surface area (Å²) in [6.07, 6.45) is 0. The van der Waals surface area contributed by atoms with Crippen LogP contribution >= 0.6 is 11.3 Å². The predicted octanol–water partition coefficient (Wildman–Crippen LogP) is 3.93. The smallest absolute Gasteiger partial charge is 0.112 e. The van der Waals surface area contributed by atoms with Gasteiger partial charge in [0.1, 0.15) is 5.82 Å². The van der Waals surface area contributed by atoms with E-state index in [-0.39, 0.29) is 5.41 Å². The van der Waals surface area contributed by atoms with E-state index in [9.17, 15) is 0 Å². The van der Waals surface area contributed by atoms with Crippen LogP contribution in [0.4, 0.5) is 5.69 Å². The van der Waals surface area contributed by atoms with Gasteiger partial charge in [-0.1, -0.05) is 20.8 Å². The summed E-state index contributed by atoms with van der Waals surface area (Å²) in [4.78, 5) is 12.3. The van der Waals surface area contributed by atoms with Gasteiger partial charge in [0.2, 0.25) is 0 Å². The van der Waals surface area contributed by atoms with Crippen LogP contribution in [0.15, 0.2) is 29.1 Å². The number of fused-ring (bicyclic) bond motifs is 1. The van der Waals surface area contributed by atoms with Crippen molar-refractivity contribution < 1.29 is 0 Å². The molecule has 0 amide bonds. The van der Waals surface area contributed by atoms with Crippen molar-refractivity contribution in [3.8, 4) is 0 Å². The Morgan fingerprint density at radius 1 is 1.30 bits per heavy atom. The molecule has 5 heteroatoms. The van der Waals surface area contributed by atoms with Gasteiger partial charge in [-0.2, -0.15) is 0 Å². The molecule has 4 nitrogen and oxygen atoms in total. The Bertz CT molecular complexity index is 707. The highest BCUT2D eigenvalue weighted by Gasteiger charge is 2.18. The van der Waals surface area contributed by atoms with Crippen molar-refractivity contribution in [3.63, 3.8) is 0 Å². The molecule has 104 valence electrons. The molecule has 0 aliphatic heterocycles. The minimum Gasteiger partial charge on any atom is -0.379 e. The Morgan fingerprint density at radius 3 is 2.85 bits per heavy atom. The van der Waals surface area contributed by atoms with Gasteiger partial charge in [-0.05, 0) is 18.2 Å². The zero-order valence-corrected chi connectivity index (χ0v) is 12.7. The molecule has 2 aromatic heterocycles. The Balaban J connectivity index is 1.83. The van der Waals surface area contributed by atoms with Crippen LogP contribution < -0.4 is 5.32 Å². The normalized spacial score (nSPS) is 11.9. The van der Waals surface area contributed by atoms with Crippen molar-refractivity contribution in [3.05, 3.63) is 40.6 Å². The zero-order chi connectivity index (χ0) is 14.2. The lowest BCUT2D eigenvalue weighted by Gasteiger charge is -2.13. The number of benzene rings is 1. The number of imidazole rings is 1. The number of nitrogens with one attached hydrogen (secondary N) is 2. The van der Waals surface area contributed by atoms with E-state index < -0.39 is 0 Å². The number of hydrogen-bond acceptors (Lipinski definition) is 4. The number of aromatic nitrogens is 3. The van der Waals surface area contributed by atoms with Crippen molar-refractivity contribution in [1.82, 2.24) is 15.0 Å². The van der Waals surface area contributed by atoms with Gasteiger partial charge in [0.25, 0.3) is 0 Å². The van der Waals surface area contributed by atoms with E-state index in [0.29, 0.717) is 0 Å². The van der Waals surface area contributed by atoms with Crippen LogP contribution in [0.5, 0.6) is 0 Å².